The van der Waals surface area contributed by atoms with Crippen LogP contribution >= 0.6 is 0 Å². The Hall–Kier alpha value is -0.830. The van der Waals surface area contributed by atoms with Gasteiger partial charge in [0.25, 0.3) is 0 Å². The lowest BCUT2D eigenvalue weighted by Crippen LogP contribution is -2.35. The number of methoxy groups -OCH3 is 1. The fraction of sp³-hybridized carbons (Fsp3) is 0.700. The molecule has 3 nitrogen and oxygen atoms in total. The Balaban J connectivity index is 2.37. The van der Waals surface area contributed by atoms with Gasteiger partial charge in [0.1, 0.15) is 0 Å². The molecule has 1 unspecified atom stereocenters. The third kappa shape index (κ3) is 3.19. The van der Waals surface area contributed by atoms with Crippen LogP contribution in [-0.2, 0) is 9.53 Å². The minimum atomic E-state index is -0.165. The molecule has 0 amide bonds. The molecular weight excluding hydrogens is 166 g/mol. The number of hydrogen-bond donors (Lipinski definition) is 0. The van der Waals surface area contributed by atoms with Crippen LogP contribution in [-0.4, -0.2) is 37.6 Å². The molecule has 0 aromatic rings. The summed E-state index contributed by atoms with van der Waals surface area (Å²) >= 11 is 0. The van der Waals surface area contributed by atoms with Crippen molar-refractivity contribution >= 4 is 5.97 Å². The fourth-order valence-corrected chi connectivity index (χ4v) is 1.55. The molecule has 0 fully saturated rings. The van der Waals surface area contributed by atoms with Gasteiger partial charge < -0.3 is 4.74 Å². The van der Waals surface area contributed by atoms with Crippen molar-refractivity contribution in [2.75, 3.05) is 20.7 Å². The Kier molecular flexibility index (Phi) is 3.96. The van der Waals surface area contributed by atoms with Gasteiger partial charge in [-0.25, -0.2) is 0 Å². The molecule has 1 aliphatic carbocycles. The fourth-order valence-electron chi connectivity index (χ4n) is 1.55. The predicted molar refractivity (Wildman–Crippen MR) is 51.4 cm³/mol. The maximum Gasteiger partial charge on any atom is 0.319 e. The number of allylic oxidation sites excluding steroid dienone is 1. The Bertz CT molecular complexity index is 201. The number of carbonyl (C=O) groups is 1. The molecule has 0 heterocycles. The van der Waals surface area contributed by atoms with Crippen molar-refractivity contribution in [3.63, 3.8) is 0 Å². The molecule has 1 atom stereocenters. The number of hydrogen-bond acceptors (Lipinski definition) is 3. The maximum absolute atomic E-state index is 11.0. The lowest BCUT2D eigenvalue weighted by Gasteiger charge is -2.26. The van der Waals surface area contributed by atoms with E-state index in [4.69, 9.17) is 0 Å². The number of likely N-dealkylation sites (N-methyl/N-ethyl adjacent to an activating group) is 1. The van der Waals surface area contributed by atoms with Crippen LogP contribution in [0.3, 0.4) is 0 Å². The third-order valence-electron chi connectivity index (χ3n) is 2.40. The van der Waals surface area contributed by atoms with E-state index in [0.717, 1.165) is 6.42 Å². The summed E-state index contributed by atoms with van der Waals surface area (Å²) in [6, 6.07) is 0.410. The van der Waals surface area contributed by atoms with E-state index in [1.165, 1.54) is 20.0 Å². The minimum absolute atomic E-state index is 0.165. The first-order valence-electron chi connectivity index (χ1n) is 4.67. The van der Waals surface area contributed by atoms with E-state index in [1.807, 2.05) is 11.9 Å². The Morgan fingerprint density at radius 2 is 2.46 bits per heavy atom. The molecule has 0 bridgehead atoms. The highest BCUT2D eigenvalue weighted by Crippen LogP contribution is 2.14. The number of esters is 1. The number of ether oxygens (including phenoxy) is 1. The quantitative estimate of drug-likeness (QED) is 0.486. The van der Waals surface area contributed by atoms with Crippen LogP contribution in [0.5, 0.6) is 0 Å². The Morgan fingerprint density at radius 3 is 3.00 bits per heavy atom. The Morgan fingerprint density at radius 1 is 1.69 bits per heavy atom. The predicted octanol–water partition coefficient (Wildman–Crippen LogP) is 1.20. The van der Waals surface area contributed by atoms with Gasteiger partial charge in [-0.05, 0) is 26.3 Å². The molecule has 0 radical (unpaired) electrons. The average molecular weight is 183 g/mol. The van der Waals surface area contributed by atoms with E-state index in [9.17, 15) is 4.79 Å². The van der Waals surface area contributed by atoms with Gasteiger partial charge in [0, 0.05) is 6.04 Å². The van der Waals surface area contributed by atoms with Gasteiger partial charge >= 0.3 is 5.97 Å². The van der Waals surface area contributed by atoms with Crippen molar-refractivity contribution in [3.05, 3.63) is 12.2 Å². The van der Waals surface area contributed by atoms with Crippen LogP contribution in [0, 0.1) is 0 Å². The number of carbonyl (C=O) groups excluding carboxylic acids is 1. The van der Waals surface area contributed by atoms with Gasteiger partial charge in [-0.2, -0.15) is 0 Å². The molecular formula is C10H17NO2. The first kappa shape index (κ1) is 10.3. The molecule has 0 aromatic carbocycles. The van der Waals surface area contributed by atoms with Gasteiger partial charge in [-0.15, -0.1) is 0 Å². The van der Waals surface area contributed by atoms with E-state index in [2.05, 4.69) is 16.9 Å². The summed E-state index contributed by atoms with van der Waals surface area (Å²) in [5.74, 6) is -0.165. The second kappa shape index (κ2) is 5.02. The number of rotatable bonds is 3. The zero-order chi connectivity index (χ0) is 9.68. The summed E-state index contributed by atoms with van der Waals surface area (Å²) in [6.07, 6.45) is 7.88. The van der Waals surface area contributed by atoms with E-state index < -0.39 is 0 Å². The molecule has 0 spiro atoms. The molecule has 0 aromatic heterocycles. The molecule has 1 aliphatic rings. The van der Waals surface area contributed by atoms with Gasteiger partial charge in [0.15, 0.2) is 0 Å². The molecule has 0 saturated carbocycles. The van der Waals surface area contributed by atoms with Gasteiger partial charge in [0.2, 0.25) is 0 Å². The highest BCUT2D eigenvalue weighted by Gasteiger charge is 2.16. The lowest BCUT2D eigenvalue weighted by atomic mass is 10.0. The first-order valence-corrected chi connectivity index (χ1v) is 4.67. The molecule has 74 valence electrons. The highest BCUT2D eigenvalue weighted by atomic mass is 16.5. The molecule has 1 rings (SSSR count). The van der Waals surface area contributed by atoms with Gasteiger partial charge in [-0.1, -0.05) is 12.2 Å². The second-order valence-corrected chi connectivity index (χ2v) is 3.42. The summed E-state index contributed by atoms with van der Waals surface area (Å²) in [4.78, 5) is 13.0. The Labute approximate surface area is 79.4 Å². The van der Waals surface area contributed by atoms with E-state index >= 15 is 0 Å². The van der Waals surface area contributed by atoms with Crippen molar-refractivity contribution in [2.45, 2.75) is 25.3 Å². The molecule has 0 N–H and O–H groups in total. The molecule has 13 heavy (non-hydrogen) atoms. The van der Waals surface area contributed by atoms with Crippen LogP contribution < -0.4 is 0 Å². The normalized spacial score (nSPS) is 21.9. The largest absolute Gasteiger partial charge is 0.468 e. The first-order chi connectivity index (χ1) is 6.24. The zero-order valence-corrected chi connectivity index (χ0v) is 8.32. The van der Waals surface area contributed by atoms with Crippen molar-refractivity contribution in [3.8, 4) is 0 Å². The van der Waals surface area contributed by atoms with Gasteiger partial charge in [-0.3, -0.25) is 9.69 Å². The standard InChI is InChI=1S/C10H17NO2/c1-11(8-10(12)13-2)9-6-4-3-5-7-9/h4,6,9H,3,5,7-8H2,1-2H3. The van der Waals surface area contributed by atoms with Crippen LogP contribution in [0.15, 0.2) is 12.2 Å². The maximum atomic E-state index is 11.0. The SMILES string of the molecule is COC(=O)CN(C)C1C=CCCC1. The zero-order valence-electron chi connectivity index (χ0n) is 8.32. The molecule has 0 aliphatic heterocycles. The summed E-state index contributed by atoms with van der Waals surface area (Å²) in [7, 11) is 3.38. The van der Waals surface area contributed by atoms with E-state index in [0.29, 0.717) is 12.6 Å². The van der Waals surface area contributed by atoms with Crippen LogP contribution in [0.2, 0.25) is 0 Å². The summed E-state index contributed by atoms with van der Waals surface area (Å²) in [5.41, 5.74) is 0. The summed E-state index contributed by atoms with van der Waals surface area (Å²) in [5, 5.41) is 0. The average Bonchev–Trinajstić information content (AvgIpc) is 2.19. The van der Waals surface area contributed by atoms with Crippen molar-refractivity contribution in [2.24, 2.45) is 0 Å². The molecule has 3 heteroatoms. The van der Waals surface area contributed by atoms with Crippen molar-refractivity contribution < 1.29 is 9.53 Å². The lowest BCUT2D eigenvalue weighted by molar-refractivity contribution is -0.141. The summed E-state index contributed by atoms with van der Waals surface area (Å²) < 4.78 is 4.61. The van der Waals surface area contributed by atoms with Crippen molar-refractivity contribution in [1.82, 2.24) is 4.90 Å². The highest BCUT2D eigenvalue weighted by molar-refractivity contribution is 5.71. The van der Waals surface area contributed by atoms with Gasteiger partial charge in [0.05, 0.1) is 13.7 Å². The monoisotopic (exact) mass is 183 g/mol. The van der Waals surface area contributed by atoms with Crippen LogP contribution in [0.1, 0.15) is 19.3 Å². The smallest absolute Gasteiger partial charge is 0.319 e. The topological polar surface area (TPSA) is 29.5 Å². The van der Waals surface area contributed by atoms with Crippen molar-refractivity contribution in [1.29, 1.82) is 0 Å². The second-order valence-electron chi connectivity index (χ2n) is 3.42. The van der Waals surface area contributed by atoms with Crippen LogP contribution in [0.4, 0.5) is 0 Å². The van der Waals surface area contributed by atoms with Crippen LogP contribution in [0.25, 0.3) is 0 Å². The summed E-state index contributed by atoms with van der Waals surface area (Å²) in [6.45, 7) is 0.380. The minimum Gasteiger partial charge on any atom is -0.468 e. The van der Waals surface area contributed by atoms with E-state index in [1.54, 1.807) is 0 Å². The van der Waals surface area contributed by atoms with E-state index in [-0.39, 0.29) is 5.97 Å². The number of nitrogens with zero attached hydrogens (tertiary/aromatic N) is 1. The molecule has 0 saturated heterocycles. The third-order valence-corrected chi connectivity index (χ3v) is 2.40.